The molecule has 0 radical (unpaired) electrons. The Bertz CT molecular complexity index is 1180. The molecule has 0 saturated heterocycles. The summed E-state index contributed by atoms with van der Waals surface area (Å²) in [6, 6.07) is 14.6. The average molecular weight is 503 g/mol. The number of carbonyl (C=O) groups excluding carboxylic acids is 2. The second kappa shape index (κ2) is 12.7. The quantitative estimate of drug-likeness (QED) is 0.285. The lowest BCUT2D eigenvalue weighted by molar-refractivity contribution is -0.139. The number of rotatable bonds is 12. The van der Waals surface area contributed by atoms with Crippen molar-refractivity contribution in [1.29, 1.82) is 0 Å². The van der Waals surface area contributed by atoms with Crippen LogP contribution in [0.25, 0.3) is 0 Å². The van der Waals surface area contributed by atoms with Crippen LogP contribution in [-0.2, 0) is 15.2 Å². The minimum Gasteiger partial charge on any atom is -0.396 e. The fraction of sp³-hybridized carbons (Fsp3) is 0.355. The number of aliphatic hydroxyl groups excluding tert-OH is 1. The number of fused-ring (bicyclic) bond motifs is 1. The largest absolute Gasteiger partial charge is 0.396 e. The number of aliphatic hydroxyl groups is 2. The van der Waals surface area contributed by atoms with Crippen LogP contribution < -0.4 is 9.80 Å². The minimum atomic E-state index is -1.80. The zero-order valence-corrected chi connectivity index (χ0v) is 22.2. The third kappa shape index (κ3) is 6.27. The highest BCUT2D eigenvalue weighted by Crippen LogP contribution is 2.47. The number of amides is 2. The van der Waals surface area contributed by atoms with E-state index < -0.39 is 17.4 Å². The van der Waals surface area contributed by atoms with Crippen molar-refractivity contribution in [2.45, 2.75) is 52.6 Å². The van der Waals surface area contributed by atoms with E-state index in [-0.39, 0.29) is 6.61 Å². The molecule has 0 fully saturated rings. The van der Waals surface area contributed by atoms with Gasteiger partial charge in [0.25, 0.3) is 5.91 Å². The van der Waals surface area contributed by atoms with Gasteiger partial charge in [-0.1, -0.05) is 60.6 Å². The van der Waals surface area contributed by atoms with E-state index in [4.69, 9.17) is 5.11 Å². The van der Waals surface area contributed by atoms with Gasteiger partial charge in [-0.25, -0.2) is 0 Å². The second-order valence-corrected chi connectivity index (χ2v) is 9.79. The van der Waals surface area contributed by atoms with Crippen LogP contribution in [0.3, 0.4) is 0 Å². The zero-order valence-electron chi connectivity index (χ0n) is 22.2. The molecule has 2 amide bonds. The van der Waals surface area contributed by atoms with Gasteiger partial charge in [0, 0.05) is 36.0 Å². The standard InChI is InChI=1S/C31H38N2O4/c1-23(2)11-10-12-24(3)18-19-32-29-17-16-27(33(22-35)26-14-6-5-7-15-26)21-28(29)31(37,30(32)36)25(4)13-8-9-20-34/h5-8,11,13-18,21-22,25,34,37H,9-10,12,19-20H2,1-4H3/b13-8+,24-18+/t25-,31+/m0/s1. The molecule has 6 heteroatoms. The summed E-state index contributed by atoms with van der Waals surface area (Å²) in [5.74, 6) is -0.943. The normalized spacial score (nSPS) is 18.2. The Morgan fingerprint density at radius 2 is 1.78 bits per heavy atom. The molecule has 0 aliphatic carbocycles. The van der Waals surface area contributed by atoms with Gasteiger partial charge in [-0.15, -0.1) is 0 Å². The van der Waals surface area contributed by atoms with Crippen molar-refractivity contribution in [3.8, 4) is 0 Å². The van der Waals surface area contributed by atoms with Crippen LogP contribution in [0, 0.1) is 5.92 Å². The van der Waals surface area contributed by atoms with Gasteiger partial charge in [0.05, 0.1) is 5.69 Å². The SMILES string of the molecule is CC(C)=CCC/C(C)=C/CN1C(=O)[C@@](O)([C@@H](C)/C=C/CCO)c2cc(N(C=O)c3ccccc3)ccc21. The molecule has 2 aromatic rings. The van der Waals surface area contributed by atoms with Gasteiger partial charge in [0.2, 0.25) is 6.41 Å². The number of hydrogen-bond acceptors (Lipinski definition) is 4. The summed E-state index contributed by atoms with van der Waals surface area (Å²) < 4.78 is 0. The first-order chi connectivity index (χ1) is 17.7. The Balaban J connectivity index is 2.02. The maximum absolute atomic E-state index is 13.8. The number of benzene rings is 2. The van der Waals surface area contributed by atoms with Crippen LogP contribution >= 0.6 is 0 Å². The van der Waals surface area contributed by atoms with Crippen molar-refractivity contribution in [2.24, 2.45) is 5.92 Å². The van der Waals surface area contributed by atoms with Crippen LogP contribution in [0.15, 0.2) is 84.0 Å². The van der Waals surface area contributed by atoms with Crippen LogP contribution in [0.4, 0.5) is 17.1 Å². The van der Waals surface area contributed by atoms with E-state index in [1.54, 1.807) is 42.2 Å². The molecular weight excluding hydrogens is 464 g/mol. The number of nitrogens with zero attached hydrogens (tertiary/aromatic N) is 2. The van der Waals surface area contributed by atoms with Crippen molar-refractivity contribution < 1.29 is 19.8 Å². The molecule has 2 aromatic carbocycles. The molecule has 3 rings (SSSR count). The summed E-state index contributed by atoms with van der Waals surface area (Å²) >= 11 is 0. The smallest absolute Gasteiger partial charge is 0.264 e. The Labute approximate surface area is 220 Å². The van der Waals surface area contributed by atoms with Gasteiger partial charge in [0.15, 0.2) is 5.60 Å². The van der Waals surface area contributed by atoms with Crippen LogP contribution in [0.1, 0.15) is 52.5 Å². The molecule has 2 atom stereocenters. The van der Waals surface area contributed by atoms with E-state index in [2.05, 4.69) is 26.8 Å². The first-order valence-electron chi connectivity index (χ1n) is 12.8. The van der Waals surface area contributed by atoms with Crippen molar-refractivity contribution in [3.63, 3.8) is 0 Å². The fourth-order valence-electron chi connectivity index (χ4n) is 4.58. The number of carbonyl (C=O) groups is 2. The van der Waals surface area contributed by atoms with Crippen molar-refractivity contribution in [3.05, 3.63) is 89.5 Å². The Morgan fingerprint density at radius 3 is 2.43 bits per heavy atom. The predicted octanol–water partition coefficient (Wildman–Crippen LogP) is 5.78. The lowest BCUT2D eigenvalue weighted by Gasteiger charge is -2.28. The number of anilines is 3. The lowest BCUT2D eigenvalue weighted by atomic mass is 9.82. The van der Waals surface area contributed by atoms with Crippen molar-refractivity contribution in [1.82, 2.24) is 0 Å². The maximum atomic E-state index is 13.8. The molecule has 2 N–H and O–H groups in total. The van der Waals surface area contributed by atoms with Crippen molar-refractivity contribution in [2.75, 3.05) is 23.0 Å². The molecular formula is C31H38N2O4. The summed E-state index contributed by atoms with van der Waals surface area (Å²) in [5, 5.41) is 21.1. The Hall–Kier alpha value is -3.48. The van der Waals surface area contributed by atoms with E-state index >= 15 is 0 Å². The maximum Gasteiger partial charge on any atom is 0.264 e. The molecule has 196 valence electrons. The van der Waals surface area contributed by atoms with Crippen LogP contribution in [0.5, 0.6) is 0 Å². The Morgan fingerprint density at radius 1 is 1.05 bits per heavy atom. The van der Waals surface area contributed by atoms with Gasteiger partial charge in [-0.2, -0.15) is 0 Å². The third-order valence-electron chi connectivity index (χ3n) is 6.76. The van der Waals surface area contributed by atoms with Gasteiger partial charge >= 0.3 is 0 Å². The Kier molecular flexibility index (Phi) is 9.61. The molecule has 0 bridgehead atoms. The zero-order chi connectivity index (χ0) is 27.0. The third-order valence-corrected chi connectivity index (χ3v) is 6.76. The predicted molar refractivity (Wildman–Crippen MR) is 150 cm³/mol. The molecule has 0 spiro atoms. The molecule has 0 unspecified atom stereocenters. The minimum absolute atomic E-state index is 0.00928. The molecule has 1 aliphatic rings. The highest BCUT2D eigenvalue weighted by molar-refractivity contribution is 6.08. The number of para-hydroxylation sites is 1. The monoisotopic (exact) mass is 502 g/mol. The topological polar surface area (TPSA) is 81.1 Å². The van der Waals surface area contributed by atoms with E-state index in [1.165, 1.54) is 16.0 Å². The van der Waals surface area contributed by atoms with Gasteiger partial charge < -0.3 is 15.1 Å². The van der Waals surface area contributed by atoms with E-state index in [9.17, 15) is 14.7 Å². The van der Waals surface area contributed by atoms with Gasteiger partial charge in [-0.05, 0) is 70.4 Å². The fourth-order valence-corrected chi connectivity index (χ4v) is 4.58. The molecule has 0 saturated carbocycles. The lowest BCUT2D eigenvalue weighted by Crippen LogP contribution is -2.44. The van der Waals surface area contributed by atoms with E-state index in [0.29, 0.717) is 35.6 Å². The highest BCUT2D eigenvalue weighted by atomic mass is 16.3. The summed E-state index contributed by atoms with van der Waals surface area (Å²) in [4.78, 5) is 28.9. The van der Waals surface area contributed by atoms with E-state index in [1.807, 2.05) is 36.4 Å². The van der Waals surface area contributed by atoms with Gasteiger partial charge in [0.1, 0.15) is 0 Å². The molecule has 37 heavy (non-hydrogen) atoms. The summed E-state index contributed by atoms with van der Waals surface area (Å²) in [6.07, 6.45) is 10.8. The first-order valence-corrected chi connectivity index (χ1v) is 12.8. The second-order valence-electron chi connectivity index (χ2n) is 9.79. The number of hydrogen-bond donors (Lipinski definition) is 2. The molecule has 0 aromatic heterocycles. The first kappa shape index (κ1) is 28.1. The molecule has 1 heterocycles. The van der Waals surface area contributed by atoms with Crippen LogP contribution in [0.2, 0.25) is 0 Å². The van der Waals surface area contributed by atoms with Gasteiger partial charge in [-0.3, -0.25) is 14.5 Å². The summed E-state index contributed by atoms with van der Waals surface area (Å²) in [6.45, 7) is 8.34. The molecule has 1 aliphatic heterocycles. The molecule has 6 nitrogen and oxygen atoms in total. The van der Waals surface area contributed by atoms with Crippen molar-refractivity contribution >= 4 is 29.4 Å². The van der Waals surface area contributed by atoms with E-state index in [0.717, 1.165) is 19.3 Å². The summed E-state index contributed by atoms with van der Waals surface area (Å²) in [7, 11) is 0. The van der Waals surface area contributed by atoms with Crippen LogP contribution in [-0.4, -0.2) is 35.7 Å². The summed E-state index contributed by atoms with van der Waals surface area (Å²) in [5.41, 5.74) is 3.00. The average Bonchev–Trinajstić information content (AvgIpc) is 3.10. The number of allylic oxidation sites excluding steroid dienone is 3. The highest BCUT2D eigenvalue weighted by Gasteiger charge is 2.52.